The molecule has 1 N–H and O–H groups in total. The molecule has 1 aromatic heterocycles. The van der Waals surface area contributed by atoms with Crippen molar-refractivity contribution in [1.82, 2.24) is 10.3 Å². The van der Waals surface area contributed by atoms with Gasteiger partial charge in [0.1, 0.15) is 11.3 Å². The Hall–Kier alpha value is -1.27. The minimum atomic E-state index is -0.318. The number of nitrogens with one attached hydrogen (secondary N) is 1. The number of hydrogen-bond acceptors (Lipinski definition) is 6. The quantitative estimate of drug-likeness (QED) is 0.686. The number of carbonyl (C=O) groups is 2. The topological polar surface area (TPSA) is 68.3 Å². The fraction of sp³-hybridized carbons (Fsp3) is 0.667. The van der Waals surface area contributed by atoms with Crippen LogP contribution in [0.3, 0.4) is 0 Å². The summed E-state index contributed by atoms with van der Waals surface area (Å²) < 4.78 is 4.55. The van der Waals surface area contributed by atoms with Crippen molar-refractivity contribution in [3.05, 3.63) is 16.1 Å². The molecule has 2 rings (SSSR count). The summed E-state index contributed by atoms with van der Waals surface area (Å²) >= 11 is 1.62. The largest absolute Gasteiger partial charge is 0.462 e. The van der Waals surface area contributed by atoms with E-state index in [1.54, 1.807) is 18.3 Å². The van der Waals surface area contributed by atoms with E-state index in [1.165, 1.54) is 0 Å². The zero-order valence-corrected chi connectivity index (χ0v) is 14.0. The minimum absolute atomic E-state index is 0.0708. The molecule has 1 saturated heterocycles. The summed E-state index contributed by atoms with van der Waals surface area (Å²) in [6.45, 7) is 9.63. The molecule has 1 aliphatic heterocycles. The Morgan fingerprint density at radius 1 is 1.43 bits per heavy atom. The van der Waals surface area contributed by atoms with Crippen molar-refractivity contribution in [2.75, 3.05) is 13.1 Å². The van der Waals surface area contributed by atoms with Gasteiger partial charge >= 0.3 is 0 Å². The van der Waals surface area contributed by atoms with Crippen LogP contribution in [0.1, 0.15) is 62.0 Å². The van der Waals surface area contributed by atoms with Crippen molar-refractivity contribution >= 4 is 23.6 Å². The van der Waals surface area contributed by atoms with Crippen molar-refractivity contribution in [2.45, 2.75) is 52.1 Å². The van der Waals surface area contributed by atoms with Gasteiger partial charge in [0.25, 0.3) is 6.47 Å². The molecule has 1 aliphatic rings. The molecule has 0 saturated carbocycles. The van der Waals surface area contributed by atoms with Crippen molar-refractivity contribution in [3.8, 4) is 0 Å². The lowest BCUT2D eigenvalue weighted by atomic mass is 9.99. The zero-order valence-electron chi connectivity index (χ0n) is 13.1. The zero-order chi connectivity index (χ0) is 15.9. The Morgan fingerprint density at radius 3 is 2.43 bits per heavy atom. The Morgan fingerprint density at radius 2 is 2.05 bits per heavy atom. The molecular formula is C15H24N2O3S. The fourth-order valence-electron chi connectivity index (χ4n) is 1.85. The second-order valence-corrected chi connectivity index (χ2v) is 6.87. The third-order valence-corrected chi connectivity index (χ3v) is 3.98. The maximum Gasteiger partial charge on any atom is 0.293 e. The molecule has 21 heavy (non-hydrogen) atoms. The summed E-state index contributed by atoms with van der Waals surface area (Å²) in [4.78, 5) is 25.0. The van der Waals surface area contributed by atoms with Gasteiger partial charge in [-0.15, -0.1) is 11.3 Å². The molecule has 1 aromatic rings. The Balaban J connectivity index is 0.000000270. The molecule has 0 unspecified atom stereocenters. The highest BCUT2D eigenvalue weighted by molar-refractivity contribution is 7.09. The van der Waals surface area contributed by atoms with Gasteiger partial charge < -0.3 is 10.1 Å². The Kier molecular flexibility index (Phi) is 6.98. The van der Waals surface area contributed by atoms with Gasteiger partial charge in [0, 0.05) is 18.2 Å². The van der Waals surface area contributed by atoms with Crippen molar-refractivity contribution < 1.29 is 14.3 Å². The molecule has 0 amide bonds. The van der Waals surface area contributed by atoms with E-state index in [0.717, 1.165) is 30.9 Å². The van der Waals surface area contributed by atoms with Crippen LogP contribution >= 0.6 is 11.3 Å². The van der Waals surface area contributed by atoms with Crippen LogP contribution in [0.25, 0.3) is 0 Å². The predicted octanol–water partition coefficient (Wildman–Crippen LogP) is 2.77. The van der Waals surface area contributed by atoms with Gasteiger partial charge in [-0.3, -0.25) is 9.59 Å². The number of aromatic nitrogens is 1. The number of thiazole rings is 1. The van der Waals surface area contributed by atoms with E-state index < -0.39 is 0 Å². The average molecular weight is 312 g/mol. The molecule has 6 heteroatoms. The molecule has 0 aliphatic carbocycles. The van der Waals surface area contributed by atoms with Crippen molar-refractivity contribution in [3.63, 3.8) is 0 Å². The predicted molar refractivity (Wildman–Crippen MR) is 83.9 cm³/mol. The van der Waals surface area contributed by atoms with E-state index in [9.17, 15) is 9.59 Å². The third kappa shape index (κ3) is 6.82. The first kappa shape index (κ1) is 17.8. The molecule has 2 heterocycles. The molecule has 5 nitrogen and oxygen atoms in total. The number of hydrogen-bond donors (Lipinski definition) is 1. The first-order valence-electron chi connectivity index (χ1n) is 7.12. The smallest absolute Gasteiger partial charge is 0.293 e. The molecular weight excluding hydrogens is 288 g/mol. The maximum absolute atomic E-state index is 11.1. The number of Topliss-reactive ketones (excluding diaryl/α,β-unsaturated/α-hetero) is 1. The lowest BCUT2D eigenvalue weighted by Crippen LogP contribution is -2.26. The maximum atomic E-state index is 11.1. The summed E-state index contributed by atoms with van der Waals surface area (Å²) in [7, 11) is 0. The number of nitrogens with zero attached hydrogens (tertiary/aromatic N) is 1. The highest BCUT2D eigenvalue weighted by Crippen LogP contribution is 2.27. The molecule has 0 aromatic carbocycles. The van der Waals surface area contributed by atoms with E-state index in [1.807, 2.05) is 26.2 Å². The molecule has 0 bridgehead atoms. The summed E-state index contributed by atoms with van der Waals surface area (Å²) in [5.74, 6) is 0.635. The number of piperidine rings is 1. The SMILES string of the molecule is CC(=O)c1csc(C2CCNCC2)n1.CC(C)(C)OC=O. The van der Waals surface area contributed by atoms with Gasteiger partial charge in [-0.1, -0.05) is 0 Å². The van der Waals surface area contributed by atoms with Gasteiger partial charge in [-0.25, -0.2) is 4.98 Å². The summed E-state index contributed by atoms with van der Waals surface area (Å²) in [6, 6.07) is 0. The highest BCUT2D eigenvalue weighted by atomic mass is 32.1. The van der Waals surface area contributed by atoms with Crippen LogP contribution in [0, 0.1) is 0 Å². The molecule has 0 radical (unpaired) electrons. The van der Waals surface area contributed by atoms with Crippen LogP contribution in [-0.4, -0.2) is 35.9 Å². The van der Waals surface area contributed by atoms with E-state index in [0.29, 0.717) is 18.1 Å². The van der Waals surface area contributed by atoms with Crippen LogP contribution in [0.4, 0.5) is 0 Å². The lowest BCUT2D eigenvalue weighted by molar-refractivity contribution is -0.138. The monoisotopic (exact) mass is 312 g/mol. The number of carbonyl (C=O) groups excluding carboxylic acids is 2. The van der Waals surface area contributed by atoms with Crippen LogP contribution in [-0.2, 0) is 9.53 Å². The molecule has 1 fully saturated rings. The third-order valence-electron chi connectivity index (χ3n) is 2.97. The normalized spacial score (nSPS) is 15.8. The van der Waals surface area contributed by atoms with Crippen LogP contribution < -0.4 is 5.32 Å². The van der Waals surface area contributed by atoms with E-state index >= 15 is 0 Å². The van der Waals surface area contributed by atoms with E-state index in [-0.39, 0.29) is 11.4 Å². The summed E-state index contributed by atoms with van der Waals surface area (Å²) in [5.41, 5.74) is 0.311. The number of ketones is 1. The molecule has 118 valence electrons. The molecule has 0 spiro atoms. The number of rotatable bonds is 3. The van der Waals surface area contributed by atoms with Crippen molar-refractivity contribution in [2.24, 2.45) is 0 Å². The first-order chi connectivity index (χ1) is 9.83. The Labute approximate surface area is 130 Å². The van der Waals surface area contributed by atoms with Gasteiger partial charge in [0.15, 0.2) is 5.78 Å². The minimum Gasteiger partial charge on any atom is -0.462 e. The summed E-state index contributed by atoms with van der Waals surface area (Å²) in [6.07, 6.45) is 2.29. The fourth-order valence-corrected chi connectivity index (χ4v) is 2.88. The average Bonchev–Trinajstić information content (AvgIpc) is 2.89. The Bertz CT molecular complexity index is 460. The van der Waals surface area contributed by atoms with Crippen molar-refractivity contribution in [1.29, 1.82) is 0 Å². The summed E-state index contributed by atoms with van der Waals surface area (Å²) in [5, 5.41) is 6.33. The van der Waals surface area contributed by atoms with Gasteiger partial charge in [-0.05, 0) is 46.7 Å². The van der Waals surface area contributed by atoms with Gasteiger partial charge in [0.05, 0.1) is 5.01 Å². The van der Waals surface area contributed by atoms with Gasteiger partial charge in [0.2, 0.25) is 0 Å². The standard InChI is InChI=1S/C10H14N2OS.C5H10O2/c1-7(13)9-6-14-10(12-9)8-2-4-11-5-3-8;1-5(2,3)7-4-6/h6,8,11H,2-5H2,1H3;4H,1-3H3. The van der Waals surface area contributed by atoms with E-state index in [4.69, 9.17) is 0 Å². The van der Waals surface area contributed by atoms with Crippen LogP contribution in [0.2, 0.25) is 0 Å². The second-order valence-electron chi connectivity index (χ2n) is 5.98. The lowest BCUT2D eigenvalue weighted by Gasteiger charge is -2.20. The van der Waals surface area contributed by atoms with Crippen LogP contribution in [0.5, 0.6) is 0 Å². The number of ether oxygens (including phenoxy) is 1. The van der Waals surface area contributed by atoms with E-state index in [2.05, 4.69) is 15.0 Å². The first-order valence-corrected chi connectivity index (χ1v) is 8.00. The molecule has 0 atom stereocenters. The highest BCUT2D eigenvalue weighted by Gasteiger charge is 2.19. The van der Waals surface area contributed by atoms with Gasteiger partial charge in [-0.2, -0.15) is 0 Å². The second kappa shape index (κ2) is 8.24. The van der Waals surface area contributed by atoms with Crippen LogP contribution in [0.15, 0.2) is 5.38 Å².